The summed E-state index contributed by atoms with van der Waals surface area (Å²) in [6.45, 7) is 1.17. The van der Waals surface area contributed by atoms with Crippen molar-refractivity contribution in [3.8, 4) is 0 Å². The van der Waals surface area contributed by atoms with Crippen LogP contribution in [-0.2, 0) is 4.79 Å². The van der Waals surface area contributed by atoms with Gasteiger partial charge in [0.1, 0.15) is 0 Å². The third-order valence-electron chi connectivity index (χ3n) is 1.95. The van der Waals surface area contributed by atoms with Crippen molar-refractivity contribution in [1.29, 1.82) is 0 Å². The van der Waals surface area contributed by atoms with Gasteiger partial charge in [-0.3, -0.25) is 9.59 Å². The SMILES string of the molecule is CC(=O)Nc1c(Br)cccc1C(=O)CCO. The molecule has 1 aromatic rings. The van der Waals surface area contributed by atoms with E-state index >= 15 is 0 Å². The molecule has 0 atom stereocenters. The Morgan fingerprint density at radius 1 is 1.44 bits per heavy atom. The van der Waals surface area contributed by atoms with Gasteiger partial charge in [0, 0.05) is 23.4 Å². The van der Waals surface area contributed by atoms with Crippen LogP contribution < -0.4 is 5.32 Å². The van der Waals surface area contributed by atoms with Crippen LogP contribution in [0.2, 0.25) is 0 Å². The topological polar surface area (TPSA) is 66.4 Å². The van der Waals surface area contributed by atoms with E-state index in [1.165, 1.54) is 6.92 Å². The zero-order chi connectivity index (χ0) is 12.1. The Morgan fingerprint density at radius 3 is 2.69 bits per heavy atom. The minimum absolute atomic E-state index is 0.0447. The maximum atomic E-state index is 11.7. The number of para-hydroxylation sites is 1. The molecule has 0 aliphatic heterocycles. The first-order chi connectivity index (χ1) is 7.56. The fourth-order valence-corrected chi connectivity index (χ4v) is 1.76. The van der Waals surface area contributed by atoms with Gasteiger partial charge in [-0.15, -0.1) is 0 Å². The number of nitrogens with one attached hydrogen (secondary N) is 1. The molecule has 0 aliphatic carbocycles. The first kappa shape index (κ1) is 12.9. The molecule has 0 bridgehead atoms. The number of hydrogen-bond donors (Lipinski definition) is 2. The number of anilines is 1. The molecule has 0 aromatic heterocycles. The quantitative estimate of drug-likeness (QED) is 0.832. The number of carbonyl (C=O) groups is 2. The Hall–Kier alpha value is -1.20. The fourth-order valence-electron chi connectivity index (χ4n) is 1.30. The van der Waals surface area contributed by atoms with E-state index in [0.717, 1.165) is 0 Å². The maximum absolute atomic E-state index is 11.7. The molecule has 4 nitrogen and oxygen atoms in total. The lowest BCUT2D eigenvalue weighted by Crippen LogP contribution is -2.12. The van der Waals surface area contributed by atoms with E-state index in [0.29, 0.717) is 15.7 Å². The Balaban J connectivity index is 3.11. The third kappa shape index (κ3) is 3.15. The highest BCUT2D eigenvalue weighted by Gasteiger charge is 2.14. The largest absolute Gasteiger partial charge is 0.396 e. The molecule has 0 saturated carbocycles. The predicted molar refractivity (Wildman–Crippen MR) is 64.5 cm³/mol. The Morgan fingerprint density at radius 2 is 2.12 bits per heavy atom. The Labute approximate surface area is 102 Å². The predicted octanol–water partition coefficient (Wildman–Crippen LogP) is 1.97. The number of rotatable bonds is 4. The van der Waals surface area contributed by atoms with Gasteiger partial charge < -0.3 is 10.4 Å². The van der Waals surface area contributed by atoms with Crippen molar-refractivity contribution in [1.82, 2.24) is 0 Å². The van der Waals surface area contributed by atoms with Crippen LogP contribution in [0.4, 0.5) is 5.69 Å². The Kier molecular flexibility index (Phi) is 4.64. The fraction of sp³-hybridized carbons (Fsp3) is 0.273. The smallest absolute Gasteiger partial charge is 0.221 e. The van der Waals surface area contributed by atoms with Crippen LogP contribution in [0.1, 0.15) is 23.7 Å². The van der Waals surface area contributed by atoms with Gasteiger partial charge >= 0.3 is 0 Å². The molecule has 16 heavy (non-hydrogen) atoms. The van der Waals surface area contributed by atoms with E-state index < -0.39 is 0 Å². The summed E-state index contributed by atoms with van der Waals surface area (Å²) in [4.78, 5) is 22.7. The number of carbonyl (C=O) groups excluding carboxylic acids is 2. The highest BCUT2D eigenvalue weighted by atomic mass is 79.9. The standard InChI is InChI=1S/C11H12BrNO3/c1-7(15)13-11-8(10(16)5-6-14)3-2-4-9(11)12/h2-4,14H,5-6H2,1H3,(H,13,15). The molecule has 86 valence electrons. The molecular formula is C11H12BrNO3. The summed E-state index contributed by atoms with van der Waals surface area (Å²) in [6, 6.07) is 5.06. The summed E-state index contributed by atoms with van der Waals surface area (Å²) in [6.07, 6.45) is 0.0447. The molecule has 0 heterocycles. The average molecular weight is 286 g/mol. The number of amides is 1. The van der Waals surface area contributed by atoms with Gasteiger partial charge in [0.2, 0.25) is 5.91 Å². The number of aliphatic hydroxyl groups is 1. The van der Waals surface area contributed by atoms with Gasteiger partial charge in [0.05, 0.1) is 12.3 Å². The molecule has 0 fully saturated rings. The molecule has 0 aliphatic rings. The number of hydrogen-bond acceptors (Lipinski definition) is 3. The minimum atomic E-state index is -0.245. The van der Waals surface area contributed by atoms with Gasteiger partial charge in [0.15, 0.2) is 5.78 Å². The molecule has 0 saturated heterocycles. The number of aliphatic hydroxyl groups excluding tert-OH is 1. The second kappa shape index (κ2) is 5.77. The van der Waals surface area contributed by atoms with Crippen molar-refractivity contribution in [2.24, 2.45) is 0 Å². The van der Waals surface area contributed by atoms with Gasteiger partial charge in [-0.25, -0.2) is 0 Å². The van der Waals surface area contributed by atoms with Crippen LogP contribution >= 0.6 is 15.9 Å². The van der Waals surface area contributed by atoms with Crippen LogP contribution in [-0.4, -0.2) is 23.4 Å². The number of Topliss-reactive ketones (excluding diaryl/α,β-unsaturated/α-hetero) is 1. The van der Waals surface area contributed by atoms with Gasteiger partial charge in [0.25, 0.3) is 0 Å². The maximum Gasteiger partial charge on any atom is 0.221 e. The van der Waals surface area contributed by atoms with Crippen molar-refractivity contribution in [2.45, 2.75) is 13.3 Å². The average Bonchev–Trinajstić information content (AvgIpc) is 2.20. The summed E-state index contributed by atoms with van der Waals surface area (Å²) in [5, 5.41) is 11.3. The van der Waals surface area contributed by atoms with Crippen LogP contribution in [0.15, 0.2) is 22.7 Å². The molecule has 1 amide bonds. The third-order valence-corrected chi connectivity index (χ3v) is 2.61. The molecule has 1 aromatic carbocycles. The van der Waals surface area contributed by atoms with Crippen molar-refractivity contribution in [3.05, 3.63) is 28.2 Å². The van der Waals surface area contributed by atoms with Crippen molar-refractivity contribution in [3.63, 3.8) is 0 Å². The van der Waals surface area contributed by atoms with E-state index in [-0.39, 0.29) is 24.7 Å². The minimum Gasteiger partial charge on any atom is -0.396 e. The second-order valence-electron chi connectivity index (χ2n) is 3.24. The van der Waals surface area contributed by atoms with E-state index in [1.54, 1.807) is 18.2 Å². The summed E-state index contributed by atoms with van der Waals surface area (Å²) in [5.74, 6) is -0.447. The normalized spacial score (nSPS) is 9.94. The number of halogens is 1. The van der Waals surface area contributed by atoms with Crippen LogP contribution in [0.3, 0.4) is 0 Å². The lowest BCUT2D eigenvalue weighted by molar-refractivity contribution is -0.114. The zero-order valence-corrected chi connectivity index (χ0v) is 10.4. The second-order valence-corrected chi connectivity index (χ2v) is 4.09. The molecule has 0 unspecified atom stereocenters. The lowest BCUT2D eigenvalue weighted by atomic mass is 10.1. The van der Waals surface area contributed by atoms with Gasteiger partial charge in [-0.1, -0.05) is 6.07 Å². The van der Waals surface area contributed by atoms with E-state index in [1.807, 2.05) is 0 Å². The van der Waals surface area contributed by atoms with Crippen LogP contribution in [0, 0.1) is 0 Å². The van der Waals surface area contributed by atoms with E-state index in [2.05, 4.69) is 21.2 Å². The van der Waals surface area contributed by atoms with Gasteiger partial charge in [-0.2, -0.15) is 0 Å². The van der Waals surface area contributed by atoms with E-state index in [4.69, 9.17) is 5.11 Å². The summed E-state index contributed by atoms with van der Waals surface area (Å²) in [7, 11) is 0. The molecule has 0 spiro atoms. The van der Waals surface area contributed by atoms with Crippen molar-refractivity contribution >= 4 is 33.3 Å². The summed E-state index contributed by atoms with van der Waals surface area (Å²) >= 11 is 3.27. The first-order valence-corrected chi connectivity index (χ1v) is 5.55. The molecule has 2 N–H and O–H groups in total. The first-order valence-electron chi connectivity index (χ1n) is 4.76. The lowest BCUT2D eigenvalue weighted by Gasteiger charge is -2.10. The van der Waals surface area contributed by atoms with Crippen LogP contribution in [0.25, 0.3) is 0 Å². The Bertz CT molecular complexity index is 418. The molecular weight excluding hydrogens is 274 g/mol. The molecule has 5 heteroatoms. The molecule has 1 rings (SSSR count). The monoisotopic (exact) mass is 285 g/mol. The summed E-state index contributed by atoms with van der Waals surface area (Å²) < 4.78 is 0.645. The summed E-state index contributed by atoms with van der Waals surface area (Å²) in [5.41, 5.74) is 0.854. The number of benzene rings is 1. The van der Waals surface area contributed by atoms with Crippen molar-refractivity contribution < 1.29 is 14.7 Å². The van der Waals surface area contributed by atoms with Gasteiger partial charge in [-0.05, 0) is 28.1 Å². The zero-order valence-electron chi connectivity index (χ0n) is 8.79. The highest BCUT2D eigenvalue weighted by Crippen LogP contribution is 2.27. The number of ketones is 1. The molecule has 0 radical (unpaired) electrons. The van der Waals surface area contributed by atoms with Crippen LogP contribution in [0.5, 0.6) is 0 Å². The van der Waals surface area contributed by atoms with E-state index in [9.17, 15) is 9.59 Å². The highest BCUT2D eigenvalue weighted by molar-refractivity contribution is 9.10. The van der Waals surface area contributed by atoms with Crippen molar-refractivity contribution in [2.75, 3.05) is 11.9 Å².